The van der Waals surface area contributed by atoms with Crippen LogP contribution < -0.4 is 0 Å². The molecule has 1 aromatic carbocycles. The number of hydrogen-bond acceptors (Lipinski definition) is 0. The average molecular weight is 277 g/mol. The second-order valence-electron chi connectivity index (χ2n) is 1.48. The Hall–Kier alpha value is 0.113. The zero-order valence-electron chi connectivity index (χ0n) is 5.40. The van der Waals surface area contributed by atoms with Crippen LogP contribution in [0.15, 0.2) is 12.1 Å². The molecule has 0 nitrogen and oxygen atoms in total. The normalized spacial score (nSPS) is 7.91. The summed E-state index contributed by atoms with van der Waals surface area (Å²) >= 11 is 0. The molecule has 0 N–H and O–H groups in total. The molecule has 0 fully saturated rings. The molecule has 0 radical (unpaired) electrons. The topological polar surface area (TPSA) is 0 Å². The molecule has 1 rings (SSSR count). The Kier molecular flexibility index (Phi) is 7.12. The molecule has 0 aromatic heterocycles. The molecule has 5 heteroatoms. The van der Waals surface area contributed by atoms with Crippen LogP contribution in [-0.4, -0.2) is 0 Å². The molecule has 0 aliphatic carbocycles. The van der Waals surface area contributed by atoms with E-state index in [9.17, 15) is 13.2 Å². The van der Waals surface area contributed by atoms with Crippen molar-refractivity contribution in [2.45, 2.75) is 0 Å². The first-order chi connectivity index (χ1) is 4.20. The maximum Gasteiger partial charge on any atom is 0.0521 e. The molecule has 0 saturated carbocycles. The fourth-order valence-electron chi connectivity index (χ4n) is 0.423. The van der Waals surface area contributed by atoms with Gasteiger partial charge < -0.3 is 0 Å². The van der Waals surface area contributed by atoms with Gasteiger partial charge in [0.15, 0.2) is 0 Å². The van der Waals surface area contributed by atoms with Crippen LogP contribution in [0.3, 0.4) is 0 Å². The molecule has 11 heavy (non-hydrogen) atoms. The van der Waals surface area contributed by atoms with Gasteiger partial charge in [-0.3, -0.25) is 4.39 Å². The predicted molar refractivity (Wildman–Crippen MR) is 35.5 cm³/mol. The van der Waals surface area contributed by atoms with Gasteiger partial charge in [-0.2, -0.15) is 0 Å². The van der Waals surface area contributed by atoms with Crippen LogP contribution in [0.4, 0.5) is 13.2 Å². The van der Waals surface area contributed by atoms with Gasteiger partial charge in [0.25, 0.3) is 0 Å². The van der Waals surface area contributed by atoms with Gasteiger partial charge in [-0.05, 0) is 0 Å². The maximum absolute atomic E-state index is 11.9. The van der Waals surface area contributed by atoms with Crippen LogP contribution in [-0.2, 0) is 19.5 Å². The number of hydrogen-bond donors (Lipinski definition) is 0. The monoisotopic (exact) mass is 275 g/mol. The van der Waals surface area contributed by atoms with Crippen molar-refractivity contribution in [1.29, 1.82) is 0 Å². The van der Waals surface area contributed by atoms with Crippen LogP contribution in [0.25, 0.3) is 0 Å². The van der Waals surface area contributed by atoms with Gasteiger partial charge in [0.1, 0.15) is 0 Å². The summed E-state index contributed by atoms with van der Waals surface area (Å²) in [5.74, 6) is -3.17. The summed E-state index contributed by atoms with van der Waals surface area (Å²) in [6.45, 7) is 0. The molecule has 0 spiro atoms. The third-order valence-corrected chi connectivity index (χ3v) is 0.818. The molecular formula is C6H3BrF3Zn-. The zero-order chi connectivity index (χ0) is 6.85. The van der Waals surface area contributed by atoms with Crippen molar-refractivity contribution >= 4 is 17.0 Å². The summed E-state index contributed by atoms with van der Waals surface area (Å²) in [6.07, 6.45) is 0. The SMILES string of the molecule is Br.Fc1[c-]cc(F)c(F)c1.[Zn]. The van der Waals surface area contributed by atoms with E-state index in [0.717, 1.165) is 0 Å². The predicted octanol–water partition coefficient (Wildman–Crippen LogP) is 2.48. The van der Waals surface area contributed by atoms with Gasteiger partial charge in [-0.1, -0.05) is 6.07 Å². The Labute approximate surface area is 85.3 Å². The Morgan fingerprint density at radius 1 is 1.09 bits per heavy atom. The van der Waals surface area contributed by atoms with Crippen molar-refractivity contribution in [3.8, 4) is 0 Å². The van der Waals surface area contributed by atoms with E-state index < -0.39 is 17.5 Å². The summed E-state index contributed by atoms with van der Waals surface area (Å²) < 4.78 is 35.8. The fourth-order valence-corrected chi connectivity index (χ4v) is 0.423. The molecule has 1 aromatic rings. The smallest absolute Gasteiger partial charge is 0.0521 e. The molecular weight excluding hydrogens is 274 g/mol. The van der Waals surface area contributed by atoms with Gasteiger partial charge >= 0.3 is 0 Å². The van der Waals surface area contributed by atoms with Crippen molar-refractivity contribution in [3.63, 3.8) is 0 Å². The first-order valence-electron chi connectivity index (χ1n) is 2.22. The molecule has 0 amide bonds. The van der Waals surface area contributed by atoms with Crippen molar-refractivity contribution in [2.75, 3.05) is 0 Å². The minimum absolute atomic E-state index is 0. The van der Waals surface area contributed by atoms with E-state index in [1.165, 1.54) is 0 Å². The Morgan fingerprint density at radius 3 is 2.00 bits per heavy atom. The average Bonchev–Trinajstić information content (AvgIpc) is 1.80. The maximum atomic E-state index is 11.9. The molecule has 58 valence electrons. The molecule has 0 unspecified atom stereocenters. The second-order valence-corrected chi connectivity index (χ2v) is 1.48. The van der Waals surface area contributed by atoms with E-state index in [-0.39, 0.29) is 36.5 Å². The van der Waals surface area contributed by atoms with Crippen molar-refractivity contribution < 1.29 is 32.6 Å². The Bertz CT molecular complexity index is 229. The van der Waals surface area contributed by atoms with Crippen LogP contribution in [0.5, 0.6) is 0 Å². The summed E-state index contributed by atoms with van der Waals surface area (Å²) in [6, 6.07) is 2.91. The van der Waals surface area contributed by atoms with Crippen LogP contribution in [0.1, 0.15) is 0 Å². The third kappa shape index (κ3) is 3.87. The Balaban J connectivity index is 0. The van der Waals surface area contributed by atoms with Crippen molar-refractivity contribution in [3.05, 3.63) is 35.7 Å². The van der Waals surface area contributed by atoms with Gasteiger partial charge in [0.05, 0.1) is 5.82 Å². The number of halogens is 4. The summed E-state index contributed by atoms with van der Waals surface area (Å²) in [5.41, 5.74) is 0. The first-order valence-corrected chi connectivity index (χ1v) is 2.22. The molecule has 0 aliphatic rings. The van der Waals surface area contributed by atoms with E-state index in [1.807, 2.05) is 6.07 Å². The van der Waals surface area contributed by atoms with Crippen LogP contribution in [0.2, 0.25) is 0 Å². The first kappa shape index (κ1) is 13.7. The summed E-state index contributed by atoms with van der Waals surface area (Å²) in [5, 5.41) is 0. The largest absolute Gasteiger partial charge is 0.281 e. The summed E-state index contributed by atoms with van der Waals surface area (Å²) in [4.78, 5) is 0. The van der Waals surface area contributed by atoms with Crippen molar-refractivity contribution in [2.24, 2.45) is 0 Å². The van der Waals surface area contributed by atoms with Crippen LogP contribution in [0, 0.1) is 23.5 Å². The third-order valence-electron chi connectivity index (χ3n) is 0.818. The summed E-state index contributed by atoms with van der Waals surface area (Å²) in [7, 11) is 0. The van der Waals surface area contributed by atoms with Gasteiger partial charge in [0, 0.05) is 31.1 Å². The Morgan fingerprint density at radius 2 is 1.64 bits per heavy atom. The van der Waals surface area contributed by atoms with E-state index in [4.69, 9.17) is 0 Å². The van der Waals surface area contributed by atoms with Gasteiger partial charge in [0.2, 0.25) is 0 Å². The number of rotatable bonds is 0. The van der Waals surface area contributed by atoms with E-state index in [1.54, 1.807) is 0 Å². The zero-order valence-corrected chi connectivity index (χ0v) is 10.1. The minimum Gasteiger partial charge on any atom is -0.281 e. The quantitative estimate of drug-likeness (QED) is 0.388. The molecule has 0 saturated heterocycles. The van der Waals surface area contributed by atoms with Gasteiger partial charge in [-0.25, -0.2) is 8.78 Å². The minimum atomic E-state index is -1.19. The van der Waals surface area contributed by atoms with Crippen LogP contribution >= 0.6 is 17.0 Å². The van der Waals surface area contributed by atoms with Crippen molar-refractivity contribution in [1.82, 2.24) is 0 Å². The molecule has 0 aliphatic heterocycles. The second kappa shape index (κ2) is 5.72. The molecule has 0 bridgehead atoms. The standard InChI is InChI=1S/C6H2F3.BrH.Zn/c7-4-1-2-5(8)6(9)3-4;;/h2-3H;1H;/q-1;;. The number of benzene rings is 1. The fraction of sp³-hybridized carbons (Fsp3) is 0. The van der Waals surface area contributed by atoms with Gasteiger partial charge in [-0.15, -0.1) is 29.1 Å². The van der Waals surface area contributed by atoms with E-state index in [0.29, 0.717) is 12.1 Å². The van der Waals surface area contributed by atoms with E-state index >= 15 is 0 Å². The molecule has 0 heterocycles. The van der Waals surface area contributed by atoms with E-state index in [2.05, 4.69) is 0 Å². The molecule has 0 atom stereocenters.